The van der Waals surface area contributed by atoms with Crippen LogP contribution in [0.4, 0.5) is 0 Å². The smallest absolute Gasteiger partial charge is 0.254 e. The van der Waals surface area contributed by atoms with Gasteiger partial charge in [0.05, 0.1) is 6.54 Å². The lowest BCUT2D eigenvalue weighted by atomic mass is 10.1. The highest BCUT2D eigenvalue weighted by atomic mass is 79.9. The van der Waals surface area contributed by atoms with E-state index in [-0.39, 0.29) is 18.4 Å². The Bertz CT molecular complexity index is 1120. The van der Waals surface area contributed by atoms with Crippen LogP contribution < -0.4 is 0 Å². The summed E-state index contributed by atoms with van der Waals surface area (Å²) in [5.74, 6) is -0.0713. The topological polar surface area (TPSA) is 45.6 Å². The van der Waals surface area contributed by atoms with Crippen molar-refractivity contribution in [1.29, 1.82) is 0 Å². The van der Waals surface area contributed by atoms with Crippen molar-refractivity contribution in [2.75, 3.05) is 19.6 Å². The summed E-state index contributed by atoms with van der Waals surface area (Å²) in [7, 11) is 0. The molecule has 198 valence electrons. The lowest BCUT2D eigenvalue weighted by molar-refractivity contribution is -0.132. The Kier molecular flexibility index (Phi) is 11.5. The van der Waals surface area contributed by atoms with Crippen LogP contribution in [0.1, 0.15) is 73.6 Å². The molecule has 37 heavy (non-hydrogen) atoms. The van der Waals surface area contributed by atoms with Crippen LogP contribution >= 0.6 is 15.9 Å². The molecule has 0 N–H and O–H groups in total. The largest absolute Gasteiger partial charge is 0.345 e. The Morgan fingerprint density at radius 1 is 0.811 bits per heavy atom. The zero-order valence-corrected chi connectivity index (χ0v) is 24.0. The molecule has 5 nitrogen and oxygen atoms in total. The third-order valence-electron chi connectivity index (χ3n) is 6.68. The quantitative estimate of drug-likeness (QED) is 0.212. The summed E-state index contributed by atoms with van der Waals surface area (Å²) >= 11 is 3.50. The second kappa shape index (κ2) is 14.8. The molecule has 0 aliphatic heterocycles. The monoisotopic (exact) mass is 565 g/mol. The maximum atomic E-state index is 13.6. The molecule has 0 fully saturated rings. The molecule has 0 atom stereocenters. The minimum Gasteiger partial charge on any atom is -0.345 e. The number of amides is 2. The fraction of sp³-hybridized carbons (Fsp3) is 0.419. The maximum absolute atomic E-state index is 13.6. The van der Waals surface area contributed by atoms with E-state index in [0.29, 0.717) is 25.2 Å². The van der Waals surface area contributed by atoms with E-state index >= 15 is 0 Å². The summed E-state index contributed by atoms with van der Waals surface area (Å²) in [6.07, 6.45) is 6.78. The number of hydrogen-bond donors (Lipinski definition) is 0. The van der Waals surface area contributed by atoms with Gasteiger partial charge in [-0.05, 0) is 66.8 Å². The molecule has 0 bridgehead atoms. The molecule has 0 aliphatic carbocycles. The Hall–Kier alpha value is -2.86. The van der Waals surface area contributed by atoms with E-state index in [2.05, 4.69) is 65.7 Å². The number of benzene rings is 2. The van der Waals surface area contributed by atoms with Crippen molar-refractivity contribution in [3.63, 3.8) is 0 Å². The molecular formula is C31H40BrN3O2. The molecule has 0 spiro atoms. The van der Waals surface area contributed by atoms with Crippen LogP contribution in [-0.2, 0) is 24.3 Å². The summed E-state index contributed by atoms with van der Waals surface area (Å²) in [6, 6.07) is 20.2. The van der Waals surface area contributed by atoms with Gasteiger partial charge in [-0.1, -0.05) is 73.8 Å². The van der Waals surface area contributed by atoms with Gasteiger partial charge in [0.25, 0.3) is 5.91 Å². The van der Waals surface area contributed by atoms with Crippen molar-refractivity contribution in [3.8, 4) is 0 Å². The highest BCUT2D eigenvalue weighted by molar-refractivity contribution is 9.10. The number of carbonyl (C=O) groups is 2. The standard InChI is InChI=1S/C31H40BrN3O2/c1-4-7-19-34(23-29-10-9-21-33(29)22-26-13-17-28(32)18-14-26)30(36)24-35(20-8-5-2)31(37)27-15-11-25(6-3)12-16-27/h9-18,21H,4-8,19-20,22-24H2,1-3H3. The summed E-state index contributed by atoms with van der Waals surface area (Å²) in [4.78, 5) is 30.6. The lowest BCUT2D eigenvalue weighted by Gasteiger charge is -2.28. The van der Waals surface area contributed by atoms with Gasteiger partial charge in [-0.25, -0.2) is 0 Å². The van der Waals surface area contributed by atoms with Gasteiger partial charge in [0.2, 0.25) is 5.91 Å². The Morgan fingerprint density at radius 2 is 1.43 bits per heavy atom. The van der Waals surface area contributed by atoms with E-state index in [1.54, 1.807) is 4.90 Å². The number of halogens is 1. The predicted molar refractivity (Wildman–Crippen MR) is 155 cm³/mol. The molecule has 1 heterocycles. The minimum atomic E-state index is -0.0708. The molecular weight excluding hydrogens is 526 g/mol. The first-order valence-electron chi connectivity index (χ1n) is 13.5. The Balaban J connectivity index is 1.75. The molecule has 3 aromatic rings. The molecule has 0 saturated carbocycles. The molecule has 3 rings (SSSR count). The summed E-state index contributed by atoms with van der Waals surface area (Å²) in [5, 5.41) is 0. The van der Waals surface area contributed by atoms with E-state index in [1.165, 1.54) is 11.1 Å². The van der Waals surface area contributed by atoms with Crippen LogP contribution in [-0.4, -0.2) is 45.8 Å². The predicted octanol–water partition coefficient (Wildman–Crippen LogP) is 6.93. The molecule has 0 unspecified atom stereocenters. The summed E-state index contributed by atoms with van der Waals surface area (Å²) < 4.78 is 3.26. The summed E-state index contributed by atoms with van der Waals surface area (Å²) in [6.45, 7) is 8.99. The molecule has 6 heteroatoms. The average molecular weight is 567 g/mol. The van der Waals surface area contributed by atoms with Gasteiger partial charge in [-0.3, -0.25) is 9.59 Å². The number of aromatic nitrogens is 1. The van der Waals surface area contributed by atoms with Crippen molar-refractivity contribution in [1.82, 2.24) is 14.4 Å². The fourth-order valence-electron chi connectivity index (χ4n) is 4.30. The molecule has 1 aromatic heterocycles. The van der Waals surface area contributed by atoms with Crippen LogP contribution in [0.3, 0.4) is 0 Å². The van der Waals surface area contributed by atoms with Gasteiger partial charge in [0.1, 0.15) is 6.54 Å². The number of unbranched alkanes of at least 4 members (excludes halogenated alkanes) is 2. The van der Waals surface area contributed by atoms with Crippen LogP contribution in [0.2, 0.25) is 0 Å². The third-order valence-corrected chi connectivity index (χ3v) is 7.21. The zero-order chi connectivity index (χ0) is 26.6. The van der Waals surface area contributed by atoms with Gasteiger partial charge in [-0.2, -0.15) is 0 Å². The van der Waals surface area contributed by atoms with Gasteiger partial charge in [-0.15, -0.1) is 0 Å². The Morgan fingerprint density at radius 3 is 2.05 bits per heavy atom. The normalized spacial score (nSPS) is 10.9. The number of nitrogens with zero attached hydrogens (tertiary/aromatic N) is 3. The highest BCUT2D eigenvalue weighted by Crippen LogP contribution is 2.16. The SMILES string of the molecule is CCCCN(Cc1cccn1Cc1ccc(Br)cc1)C(=O)CN(CCCC)C(=O)c1ccc(CC)cc1. The minimum absolute atomic E-state index is 0.000488. The van der Waals surface area contributed by atoms with Crippen molar-refractivity contribution in [2.24, 2.45) is 0 Å². The second-order valence-corrected chi connectivity index (χ2v) is 10.5. The van der Waals surface area contributed by atoms with E-state index in [4.69, 9.17) is 0 Å². The van der Waals surface area contributed by atoms with Crippen LogP contribution in [0.15, 0.2) is 71.3 Å². The van der Waals surface area contributed by atoms with Gasteiger partial charge < -0.3 is 14.4 Å². The van der Waals surface area contributed by atoms with Crippen molar-refractivity contribution >= 4 is 27.7 Å². The number of hydrogen-bond acceptors (Lipinski definition) is 2. The maximum Gasteiger partial charge on any atom is 0.254 e. The van der Waals surface area contributed by atoms with Crippen molar-refractivity contribution < 1.29 is 9.59 Å². The fourth-order valence-corrected chi connectivity index (χ4v) is 4.56. The molecule has 0 aliphatic rings. The van der Waals surface area contributed by atoms with E-state index in [9.17, 15) is 9.59 Å². The van der Waals surface area contributed by atoms with Crippen molar-refractivity contribution in [2.45, 2.75) is 66.0 Å². The summed E-state index contributed by atoms with van der Waals surface area (Å²) in [5.41, 5.74) is 4.14. The van der Waals surface area contributed by atoms with Gasteiger partial charge in [0.15, 0.2) is 0 Å². The first kappa shape index (κ1) is 28.7. The number of carbonyl (C=O) groups excluding carboxylic acids is 2. The van der Waals surface area contributed by atoms with E-state index in [0.717, 1.165) is 48.8 Å². The first-order chi connectivity index (χ1) is 17.9. The van der Waals surface area contributed by atoms with Crippen LogP contribution in [0.5, 0.6) is 0 Å². The zero-order valence-electron chi connectivity index (χ0n) is 22.5. The molecule has 2 aromatic carbocycles. The van der Waals surface area contributed by atoms with Gasteiger partial charge >= 0.3 is 0 Å². The second-order valence-electron chi connectivity index (χ2n) is 9.55. The van der Waals surface area contributed by atoms with Gasteiger partial charge in [0, 0.05) is 41.6 Å². The highest BCUT2D eigenvalue weighted by Gasteiger charge is 2.23. The van der Waals surface area contributed by atoms with Crippen molar-refractivity contribution in [3.05, 3.63) is 93.7 Å². The average Bonchev–Trinajstić information content (AvgIpc) is 3.35. The third kappa shape index (κ3) is 8.60. The molecule has 0 saturated heterocycles. The molecule has 2 amide bonds. The molecule has 0 radical (unpaired) electrons. The Labute approximate surface area is 230 Å². The van der Waals surface area contributed by atoms with E-state index < -0.39 is 0 Å². The van der Waals surface area contributed by atoms with Crippen LogP contribution in [0, 0.1) is 0 Å². The first-order valence-corrected chi connectivity index (χ1v) is 14.3. The van der Waals surface area contributed by atoms with E-state index in [1.807, 2.05) is 47.4 Å². The number of aryl methyl sites for hydroxylation is 1. The number of rotatable bonds is 14. The lowest BCUT2D eigenvalue weighted by Crippen LogP contribution is -2.43. The van der Waals surface area contributed by atoms with Crippen LogP contribution in [0.25, 0.3) is 0 Å².